The molecule has 0 aromatic heterocycles. The lowest BCUT2D eigenvalue weighted by Crippen LogP contribution is -2.70. The van der Waals surface area contributed by atoms with Crippen molar-refractivity contribution in [3.63, 3.8) is 0 Å². The molecule has 41 heavy (non-hydrogen) atoms. The van der Waals surface area contributed by atoms with E-state index in [9.17, 15) is 4.79 Å². The van der Waals surface area contributed by atoms with Crippen LogP contribution in [0.5, 0.6) is 5.75 Å². The van der Waals surface area contributed by atoms with Crippen LogP contribution in [0.1, 0.15) is 80.8 Å². The second-order valence-electron chi connectivity index (χ2n) is 16.1. The van der Waals surface area contributed by atoms with Gasteiger partial charge in [0.15, 0.2) is 0 Å². The SMILES string of the molecule is CC(C)(C)[Si](C)(C)Oc1ccc2c(c1)[C@]13CCN(CC4CC4)[C@H](C2)[C@]12CC[C@@H]1[C@H]3[C@@H](CN1C(=O)c1ccccc1)C2. The molecule has 2 saturated heterocycles. The fraction of sp³-hybridized carbons (Fsp3) is 0.639. The van der Waals surface area contributed by atoms with Crippen molar-refractivity contribution in [2.24, 2.45) is 23.2 Å². The van der Waals surface area contributed by atoms with E-state index in [1.54, 1.807) is 11.1 Å². The molecule has 6 aliphatic rings. The number of piperidine rings is 1. The van der Waals surface area contributed by atoms with Gasteiger partial charge in [-0.15, -0.1) is 0 Å². The van der Waals surface area contributed by atoms with Crippen molar-refractivity contribution in [3.05, 3.63) is 65.2 Å². The van der Waals surface area contributed by atoms with Crippen LogP contribution < -0.4 is 4.43 Å². The highest BCUT2D eigenvalue weighted by atomic mass is 28.4. The summed E-state index contributed by atoms with van der Waals surface area (Å²) in [5, 5.41) is 0.170. The van der Waals surface area contributed by atoms with Crippen LogP contribution in [0.15, 0.2) is 48.5 Å². The van der Waals surface area contributed by atoms with Crippen LogP contribution in [-0.4, -0.2) is 55.7 Å². The maximum atomic E-state index is 13.9. The van der Waals surface area contributed by atoms with Crippen LogP contribution in [0.3, 0.4) is 0 Å². The van der Waals surface area contributed by atoms with E-state index < -0.39 is 8.32 Å². The molecule has 2 aliphatic heterocycles. The van der Waals surface area contributed by atoms with E-state index in [0.717, 1.165) is 23.8 Å². The van der Waals surface area contributed by atoms with Crippen molar-refractivity contribution in [2.75, 3.05) is 19.6 Å². The minimum absolute atomic E-state index is 0.164. The second kappa shape index (κ2) is 8.72. The fourth-order valence-corrected chi connectivity index (χ4v) is 11.4. The molecule has 6 atom stereocenters. The predicted octanol–water partition coefficient (Wildman–Crippen LogP) is 7.29. The van der Waals surface area contributed by atoms with Gasteiger partial charge in [0.25, 0.3) is 5.91 Å². The molecule has 4 nitrogen and oxygen atoms in total. The highest BCUT2D eigenvalue weighted by molar-refractivity contribution is 6.74. The van der Waals surface area contributed by atoms with Crippen LogP contribution in [-0.2, 0) is 11.8 Å². The molecule has 5 fully saturated rings. The van der Waals surface area contributed by atoms with Gasteiger partial charge in [0.05, 0.1) is 0 Å². The molecule has 4 bridgehead atoms. The molecule has 5 heteroatoms. The van der Waals surface area contributed by atoms with E-state index in [-0.39, 0.29) is 16.4 Å². The first-order valence-electron chi connectivity index (χ1n) is 16.5. The third-order valence-electron chi connectivity index (χ3n) is 13.2. The summed E-state index contributed by atoms with van der Waals surface area (Å²) in [6.45, 7) is 15.2. The van der Waals surface area contributed by atoms with Crippen LogP contribution in [0.2, 0.25) is 18.1 Å². The summed E-state index contributed by atoms with van der Waals surface area (Å²) in [5.41, 5.74) is 4.55. The molecule has 0 N–H and O–H groups in total. The van der Waals surface area contributed by atoms with Crippen molar-refractivity contribution in [1.82, 2.24) is 9.80 Å². The number of nitrogens with zero attached hydrogens (tertiary/aromatic N) is 2. The van der Waals surface area contributed by atoms with E-state index in [0.29, 0.717) is 29.3 Å². The van der Waals surface area contributed by atoms with Crippen molar-refractivity contribution in [2.45, 2.75) is 101 Å². The number of carbonyl (C=O) groups is 1. The highest BCUT2D eigenvalue weighted by Crippen LogP contribution is 2.75. The van der Waals surface area contributed by atoms with Crippen molar-refractivity contribution < 1.29 is 9.22 Å². The summed E-state index contributed by atoms with van der Waals surface area (Å²) in [4.78, 5) is 19.2. The molecule has 2 aromatic carbocycles. The van der Waals surface area contributed by atoms with Gasteiger partial charge in [0, 0.05) is 36.2 Å². The molecule has 0 radical (unpaired) electrons. The molecule has 8 rings (SSSR count). The van der Waals surface area contributed by atoms with Crippen molar-refractivity contribution in [3.8, 4) is 5.75 Å². The van der Waals surface area contributed by atoms with Gasteiger partial charge in [-0.3, -0.25) is 9.69 Å². The number of fused-ring (bicyclic) bond motifs is 1. The Morgan fingerprint density at radius 1 is 1.05 bits per heavy atom. The quantitative estimate of drug-likeness (QED) is 0.355. The average molecular weight is 569 g/mol. The Kier molecular flexibility index (Phi) is 5.64. The molecular weight excluding hydrogens is 520 g/mol. The number of carbonyl (C=O) groups excluding carboxylic acids is 1. The van der Waals surface area contributed by atoms with Gasteiger partial charge >= 0.3 is 0 Å². The standard InChI is InChI=1S/C36H48N2O2Si/c1-34(2,3)41(4,5)40-28-14-13-26-19-31-35-16-15-30-32(27(21-35)23-38(30)33(39)25-9-7-6-8-10-25)36(35,29(26)20-28)17-18-37(31)22-24-11-12-24/h6-10,13-14,20,24,27,30-32H,11-12,15-19,21-23H2,1-5H3/t27-,30-,31-,32-,35-,36+/m1/s1. The maximum absolute atomic E-state index is 13.9. The lowest BCUT2D eigenvalue weighted by Gasteiger charge is -2.66. The minimum Gasteiger partial charge on any atom is -0.543 e. The summed E-state index contributed by atoms with van der Waals surface area (Å²) >= 11 is 0. The van der Waals surface area contributed by atoms with E-state index in [4.69, 9.17) is 4.43 Å². The third-order valence-corrected chi connectivity index (χ3v) is 17.6. The van der Waals surface area contributed by atoms with Gasteiger partial charge in [-0.25, -0.2) is 0 Å². The number of rotatable bonds is 5. The number of hydrogen-bond donors (Lipinski definition) is 0. The van der Waals surface area contributed by atoms with Gasteiger partial charge in [-0.2, -0.15) is 0 Å². The Morgan fingerprint density at radius 3 is 2.56 bits per heavy atom. The zero-order valence-corrected chi connectivity index (χ0v) is 26.8. The number of amides is 1. The van der Waals surface area contributed by atoms with Gasteiger partial charge in [-0.1, -0.05) is 45.0 Å². The molecule has 4 aliphatic carbocycles. The molecule has 1 amide bonds. The van der Waals surface area contributed by atoms with E-state index in [2.05, 4.69) is 61.9 Å². The zero-order chi connectivity index (χ0) is 28.4. The fourth-order valence-electron chi connectivity index (χ4n) is 10.4. The van der Waals surface area contributed by atoms with E-state index >= 15 is 0 Å². The monoisotopic (exact) mass is 568 g/mol. The minimum atomic E-state index is -1.95. The first-order chi connectivity index (χ1) is 19.5. The molecule has 218 valence electrons. The first-order valence-corrected chi connectivity index (χ1v) is 19.4. The summed E-state index contributed by atoms with van der Waals surface area (Å²) < 4.78 is 6.97. The zero-order valence-electron chi connectivity index (χ0n) is 25.8. The van der Waals surface area contributed by atoms with Gasteiger partial charge < -0.3 is 9.33 Å². The van der Waals surface area contributed by atoms with Gasteiger partial charge in [0.2, 0.25) is 8.32 Å². The molecular formula is C36H48N2O2Si. The van der Waals surface area contributed by atoms with Gasteiger partial charge in [-0.05, 0) is 128 Å². The van der Waals surface area contributed by atoms with E-state index in [1.165, 1.54) is 58.0 Å². The van der Waals surface area contributed by atoms with Gasteiger partial charge in [0.1, 0.15) is 5.75 Å². The van der Waals surface area contributed by atoms with Crippen LogP contribution >= 0.6 is 0 Å². The number of benzene rings is 2. The van der Waals surface area contributed by atoms with Crippen LogP contribution in [0.4, 0.5) is 0 Å². The summed E-state index contributed by atoms with van der Waals surface area (Å²) in [5.74, 6) is 3.44. The Balaban J connectivity index is 1.23. The van der Waals surface area contributed by atoms with Crippen molar-refractivity contribution in [1.29, 1.82) is 0 Å². The smallest absolute Gasteiger partial charge is 0.254 e. The third kappa shape index (κ3) is 3.63. The Morgan fingerprint density at radius 2 is 1.83 bits per heavy atom. The maximum Gasteiger partial charge on any atom is 0.254 e. The summed E-state index contributed by atoms with van der Waals surface area (Å²) in [6, 6.07) is 18.3. The largest absolute Gasteiger partial charge is 0.543 e. The Bertz CT molecular complexity index is 1380. The summed E-state index contributed by atoms with van der Waals surface area (Å²) in [7, 11) is -1.95. The van der Waals surface area contributed by atoms with Crippen LogP contribution in [0.25, 0.3) is 0 Å². The molecule has 3 saturated carbocycles. The van der Waals surface area contributed by atoms with E-state index in [1.807, 2.05) is 30.3 Å². The molecule has 0 unspecified atom stereocenters. The average Bonchev–Trinajstić information content (AvgIpc) is 3.63. The second-order valence-corrected chi connectivity index (χ2v) is 20.9. The number of likely N-dealkylation sites (tertiary alicyclic amines) is 2. The lowest BCUT2D eigenvalue weighted by molar-refractivity contribution is -0.102. The predicted molar refractivity (Wildman–Crippen MR) is 167 cm³/mol. The normalized spacial score (nSPS) is 35.7. The van der Waals surface area contributed by atoms with Crippen LogP contribution in [0, 0.1) is 23.2 Å². The topological polar surface area (TPSA) is 32.8 Å². The molecule has 2 heterocycles. The Labute approximate surface area is 248 Å². The lowest BCUT2D eigenvalue weighted by atomic mass is 9.43. The Hall–Kier alpha value is -2.11. The first kappa shape index (κ1) is 26.5. The summed E-state index contributed by atoms with van der Waals surface area (Å²) in [6.07, 6.45) is 9.03. The highest BCUT2D eigenvalue weighted by Gasteiger charge is 2.76. The van der Waals surface area contributed by atoms with Crippen molar-refractivity contribution >= 4 is 14.2 Å². The number of hydrogen-bond acceptors (Lipinski definition) is 3. The molecule has 2 aromatic rings. The molecule has 0 spiro atoms.